The van der Waals surface area contributed by atoms with Crippen LogP contribution in [0.3, 0.4) is 0 Å². The Morgan fingerprint density at radius 2 is 1.58 bits per heavy atom. The molecule has 2 aromatic heterocycles. The smallest absolute Gasteiger partial charge is 0.102 e. The number of halogens is 1. The van der Waals surface area contributed by atoms with Gasteiger partial charge in [0.05, 0.1) is 11.2 Å². The Morgan fingerprint density at radius 1 is 0.789 bits per heavy atom. The Balaban J connectivity index is 2.21. The van der Waals surface area contributed by atoms with Crippen molar-refractivity contribution in [2.24, 2.45) is 0 Å². The predicted molar refractivity (Wildman–Crippen MR) is 75.7 cm³/mol. The molecule has 19 heavy (non-hydrogen) atoms. The lowest BCUT2D eigenvalue weighted by Gasteiger charge is -2.08. The van der Waals surface area contributed by atoms with Gasteiger partial charge in [0.15, 0.2) is 0 Å². The average Bonchev–Trinajstić information content (AvgIpc) is 2.49. The first kappa shape index (κ1) is 11.8. The molecule has 0 saturated carbocycles. The molecule has 3 rings (SSSR count). The summed E-state index contributed by atoms with van der Waals surface area (Å²) in [5.74, 6) is 0. The topological polar surface area (TPSA) is 38.7 Å². The van der Waals surface area contributed by atoms with E-state index in [0.29, 0.717) is 5.02 Å². The second-order valence-corrected chi connectivity index (χ2v) is 4.42. The first-order valence-corrected chi connectivity index (χ1v) is 6.21. The van der Waals surface area contributed by atoms with Crippen LogP contribution in [-0.2, 0) is 0 Å². The SMILES string of the molecule is Clc1ccccc1-c1nnccc1-c1ccncc1. The van der Waals surface area contributed by atoms with Crippen molar-refractivity contribution in [3.05, 3.63) is 66.1 Å². The number of hydrogen-bond donors (Lipinski definition) is 0. The van der Waals surface area contributed by atoms with Crippen molar-refractivity contribution >= 4 is 11.6 Å². The molecule has 0 saturated heterocycles. The summed E-state index contributed by atoms with van der Waals surface area (Å²) in [6, 6.07) is 13.4. The van der Waals surface area contributed by atoms with E-state index in [1.165, 1.54) is 0 Å². The molecule has 1 aromatic carbocycles. The molecule has 0 bridgehead atoms. The summed E-state index contributed by atoms with van der Waals surface area (Å²) in [4.78, 5) is 4.03. The summed E-state index contributed by atoms with van der Waals surface area (Å²) in [7, 11) is 0. The molecule has 0 fully saturated rings. The third-order valence-corrected chi connectivity index (χ3v) is 3.17. The van der Waals surface area contributed by atoms with E-state index in [1.54, 1.807) is 18.6 Å². The van der Waals surface area contributed by atoms with Gasteiger partial charge >= 0.3 is 0 Å². The summed E-state index contributed by atoms with van der Waals surface area (Å²) in [5, 5.41) is 8.86. The van der Waals surface area contributed by atoms with Crippen molar-refractivity contribution < 1.29 is 0 Å². The standard InChI is InChI=1S/C15H10ClN3/c16-14-4-2-1-3-13(14)15-12(7-10-18-19-15)11-5-8-17-9-6-11/h1-10H. The van der Waals surface area contributed by atoms with Crippen LogP contribution in [0.5, 0.6) is 0 Å². The lowest BCUT2D eigenvalue weighted by molar-refractivity contribution is 1.04. The zero-order valence-corrected chi connectivity index (χ0v) is 10.7. The summed E-state index contributed by atoms with van der Waals surface area (Å²) in [5.41, 5.74) is 3.69. The molecule has 0 unspecified atom stereocenters. The molecule has 0 amide bonds. The van der Waals surface area contributed by atoms with Crippen LogP contribution in [0, 0.1) is 0 Å². The van der Waals surface area contributed by atoms with E-state index in [9.17, 15) is 0 Å². The maximum atomic E-state index is 6.24. The number of nitrogens with zero attached hydrogens (tertiary/aromatic N) is 3. The Hall–Kier alpha value is -2.26. The van der Waals surface area contributed by atoms with Crippen molar-refractivity contribution in [3.63, 3.8) is 0 Å². The van der Waals surface area contributed by atoms with Crippen molar-refractivity contribution in [2.45, 2.75) is 0 Å². The highest BCUT2D eigenvalue weighted by Crippen LogP contribution is 2.33. The van der Waals surface area contributed by atoms with Crippen LogP contribution in [0.15, 0.2) is 61.1 Å². The molecule has 3 aromatic rings. The lowest BCUT2D eigenvalue weighted by Crippen LogP contribution is -1.92. The van der Waals surface area contributed by atoms with E-state index < -0.39 is 0 Å². The van der Waals surface area contributed by atoms with Gasteiger partial charge in [0.2, 0.25) is 0 Å². The van der Waals surface area contributed by atoms with Crippen LogP contribution in [0.25, 0.3) is 22.4 Å². The van der Waals surface area contributed by atoms with Gasteiger partial charge in [0.25, 0.3) is 0 Å². The maximum Gasteiger partial charge on any atom is 0.102 e. The molecule has 0 aliphatic carbocycles. The van der Waals surface area contributed by atoms with E-state index in [2.05, 4.69) is 15.2 Å². The van der Waals surface area contributed by atoms with Gasteiger partial charge in [-0.2, -0.15) is 5.10 Å². The average molecular weight is 268 g/mol. The molecule has 2 heterocycles. The third kappa shape index (κ3) is 2.33. The minimum atomic E-state index is 0.665. The van der Waals surface area contributed by atoms with Gasteiger partial charge in [0.1, 0.15) is 5.69 Å². The van der Waals surface area contributed by atoms with Crippen molar-refractivity contribution in [3.8, 4) is 22.4 Å². The number of hydrogen-bond acceptors (Lipinski definition) is 3. The van der Waals surface area contributed by atoms with Crippen LogP contribution < -0.4 is 0 Å². The first-order chi connectivity index (χ1) is 9.36. The van der Waals surface area contributed by atoms with E-state index >= 15 is 0 Å². The van der Waals surface area contributed by atoms with Gasteiger partial charge in [-0.05, 0) is 29.8 Å². The molecule has 92 valence electrons. The van der Waals surface area contributed by atoms with Crippen LogP contribution in [0.1, 0.15) is 0 Å². The predicted octanol–water partition coefficient (Wildman–Crippen LogP) is 3.86. The van der Waals surface area contributed by atoms with Crippen LogP contribution in [0.2, 0.25) is 5.02 Å². The largest absolute Gasteiger partial charge is 0.265 e. The minimum absolute atomic E-state index is 0.665. The first-order valence-electron chi connectivity index (χ1n) is 5.83. The molecular formula is C15H10ClN3. The molecule has 0 atom stereocenters. The normalized spacial score (nSPS) is 10.4. The number of benzene rings is 1. The summed E-state index contributed by atoms with van der Waals surface area (Å²) in [6.45, 7) is 0. The summed E-state index contributed by atoms with van der Waals surface area (Å²) < 4.78 is 0. The highest BCUT2D eigenvalue weighted by molar-refractivity contribution is 6.33. The fourth-order valence-electron chi connectivity index (χ4n) is 1.95. The van der Waals surface area contributed by atoms with Crippen LogP contribution in [0.4, 0.5) is 0 Å². The second kappa shape index (κ2) is 5.16. The van der Waals surface area contributed by atoms with Gasteiger partial charge < -0.3 is 0 Å². The van der Waals surface area contributed by atoms with Gasteiger partial charge in [-0.3, -0.25) is 4.98 Å². The Morgan fingerprint density at radius 3 is 2.37 bits per heavy atom. The highest BCUT2D eigenvalue weighted by atomic mass is 35.5. The maximum absolute atomic E-state index is 6.24. The highest BCUT2D eigenvalue weighted by Gasteiger charge is 2.11. The Kier molecular flexibility index (Phi) is 3.21. The Bertz CT molecular complexity index is 699. The zero-order valence-electron chi connectivity index (χ0n) is 9.99. The van der Waals surface area contributed by atoms with Crippen molar-refractivity contribution in [2.75, 3.05) is 0 Å². The fraction of sp³-hybridized carbons (Fsp3) is 0. The number of pyridine rings is 1. The molecule has 4 heteroatoms. The molecule has 0 spiro atoms. The molecule has 3 nitrogen and oxygen atoms in total. The molecule has 0 radical (unpaired) electrons. The van der Waals surface area contributed by atoms with Crippen LogP contribution >= 0.6 is 11.6 Å². The zero-order chi connectivity index (χ0) is 13.1. The summed E-state index contributed by atoms with van der Waals surface area (Å²) >= 11 is 6.24. The van der Waals surface area contributed by atoms with E-state index in [0.717, 1.165) is 22.4 Å². The van der Waals surface area contributed by atoms with E-state index in [4.69, 9.17) is 11.6 Å². The Labute approximate surface area is 115 Å². The van der Waals surface area contributed by atoms with E-state index in [1.807, 2.05) is 42.5 Å². The number of aromatic nitrogens is 3. The van der Waals surface area contributed by atoms with Crippen LogP contribution in [-0.4, -0.2) is 15.2 Å². The van der Waals surface area contributed by atoms with Gasteiger partial charge in [-0.15, -0.1) is 5.10 Å². The second-order valence-electron chi connectivity index (χ2n) is 4.01. The van der Waals surface area contributed by atoms with Gasteiger partial charge in [-0.25, -0.2) is 0 Å². The molecule has 0 aliphatic rings. The fourth-order valence-corrected chi connectivity index (χ4v) is 2.17. The van der Waals surface area contributed by atoms with Crippen molar-refractivity contribution in [1.29, 1.82) is 0 Å². The van der Waals surface area contributed by atoms with E-state index in [-0.39, 0.29) is 0 Å². The lowest BCUT2D eigenvalue weighted by atomic mass is 10.0. The minimum Gasteiger partial charge on any atom is -0.265 e. The molecule has 0 N–H and O–H groups in total. The van der Waals surface area contributed by atoms with Gasteiger partial charge in [0, 0.05) is 23.5 Å². The van der Waals surface area contributed by atoms with Gasteiger partial charge in [-0.1, -0.05) is 29.8 Å². The van der Waals surface area contributed by atoms with Crippen molar-refractivity contribution in [1.82, 2.24) is 15.2 Å². The third-order valence-electron chi connectivity index (χ3n) is 2.84. The summed E-state index contributed by atoms with van der Waals surface area (Å²) in [6.07, 6.45) is 5.19. The number of rotatable bonds is 2. The molecular weight excluding hydrogens is 258 g/mol. The monoisotopic (exact) mass is 267 g/mol. The molecule has 0 aliphatic heterocycles. The quantitative estimate of drug-likeness (QED) is 0.708.